The van der Waals surface area contributed by atoms with E-state index in [-0.39, 0.29) is 12.5 Å². The Kier molecular flexibility index (Phi) is 7.49. The Hall–Kier alpha value is -3.37. The fraction of sp³-hybridized carbons (Fsp3) is 0.375. The number of hydrogen-bond donors (Lipinski definition) is 2. The van der Waals surface area contributed by atoms with E-state index in [0.29, 0.717) is 67.2 Å². The van der Waals surface area contributed by atoms with E-state index in [4.69, 9.17) is 9.72 Å². The monoisotopic (exact) mass is 470 g/mol. The van der Waals surface area contributed by atoms with E-state index in [1.54, 1.807) is 18.3 Å². The number of morpholine rings is 1. The van der Waals surface area contributed by atoms with E-state index < -0.39 is 11.6 Å². The fourth-order valence-corrected chi connectivity index (χ4v) is 3.74. The molecule has 34 heavy (non-hydrogen) atoms. The first-order valence-electron chi connectivity index (χ1n) is 11.1. The van der Waals surface area contributed by atoms with Crippen LogP contribution in [0.25, 0.3) is 11.0 Å². The van der Waals surface area contributed by atoms with Crippen LogP contribution in [-0.4, -0.2) is 74.3 Å². The lowest BCUT2D eigenvalue weighted by Crippen LogP contribution is -2.36. The van der Waals surface area contributed by atoms with Crippen molar-refractivity contribution in [3.8, 4) is 0 Å². The number of ether oxygens (including phenoxy) is 1. The minimum absolute atomic E-state index is 0.208. The summed E-state index contributed by atoms with van der Waals surface area (Å²) in [6, 6.07) is 6.71. The van der Waals surface area contributed by atoms with Gasteiger partial charge >= 0.3 is 0 Å². The molecule has 2 aromatic carbocycles. The van der Waals surface area contributed by atoms with Crippen LogP contribution in [0.1, 0.15) is 15.9 Å². The van der Waals surface area contributed by atoms with Crippen molar-refractivity contribution in [2.75, 3.05) is 63.7 Å². The summed E-state index contributed by atoms with van der Waals surface area (Å²) < 4.78 is 32.7. The molecular weight excluding hydrogens is 442 g/mol. The Bertz CT molecular complexity index is 1150. The third-order valence-electron chi connectivity index (χ3n) is 5.50. The number of nitrogens with zero attached hydrogens (tertiary/aromatic N) is 4. The largest absolute Gasteiger partial charge is 0.381 e. The SMILES string of the molecule is CN(C)CCNC(=O)c1cc(CNc2cc(F)cc(F)c2)c2nc(N3CCOCC3)cnc2c1. The van der Waals surface area contributed by atoms with E-state index >= 15 is 0 Å². The van der Waals surface area contributed by atoms with Crippen molar-refractivity contribution in [1.82, 2.24) is 20.2 Å². The molecular formula is C24H28F2N6O2. The Labute approximate surface area is 196 Å². The molecule has 3 aromatic rings. The summed E-state index contributed by atoms with van der Waals surface area (Å²) in [6.45, 7) is 4.07. The molecule has 0 atom stereocenters. The lowest BCUT2D eigenvalue weighted by atomic mass is 10.1. The van der Waals surface area contributed by atoms with Crippen LogP contribution < -0.4 is 15.5 Å². The third-order valence-corrected chi connectivity index (χ3v) is 5.50. The summed E-state index contributed by atoms with van der Waals surface area (Å²) in [5.74, 6) is -0.843. The second-order valence-electron chi connectivity index (χ2n) is 8.40. The van der Waals surface area contributed by atoms with Gasteiger partial charge < -0.3 is 25.2 Å². The van der Waals surface area contributed by atoms with Crippen molar-refractivity contribution in [3.63, 3.8) is 0 Å². The first-order chi connectivity index (χ1) is 16.4. The average Bonchev–Trinajstić information content (AvgIpc) is 2.81. The van der Waals surface area contributed by atoms with Gasteiger partial charge in [0.1, 0.15) is 17.5 Å². The maximum atomic E-state index is 13.6. The maximum Gasteiger partial charge on any atom is 0.251 e. The lowest BCUT2D eigenvalue weighted by molar-refractivity contribution is 0.0951. The van der Waals surface area contributed by atoms with Gasteiger partial charge in [-0.3, -0.25) is 9.78 Å². The van der Waals surface area contributed by atoms with Gasteiger partial charge in [-0.15, -0.1) is 0 Å². The van der Waals surface area contributed by atoms with Crippen LogP contribution in [0.15, 0.2) is 36.5 Å². The van der Waals surface area contributed by atoms with Gasteiger partial charge in [0.25, 0.3) is 5.91 Å². The smallest absolute Gasteiger partial charge is 0.251 e. The van der Waals surface area contributed by atoms with E-state index in [0.717, 1.165) is 11.9 Å². The predicted molar refractivity (Wildman–Crippen MR) is 127 cm³/mol. The minimum atomic E-state index is -0.671. The van der Waals surface area contributed by atoms with Crippen LogP contribution in [-0.2, 0) is 11.3 Å². The standard InChI is InChI=1S/C24H28F2N6O2/c1-31(2)4-3-27-24(33)16-9-17(14-28-20-12-18(25)11-19(26)13-20)23-21(10-16)29-15-22(30-23)32-5-7-34-8-6-32/h9-13,15,28H,3-8,14H2,1-2H3,(H,27,33). The highest BCUT2D eigenvalue weighted by Crippen LogP contribution is 2.23. The molecule has 8 nitrogen and oxygen atoms in total. The van der Waals surface area contributed by atoms with E-state index in [2.05, 4.69) is 20.5 Å². The number of nitrogens with one attached hydrogen (secondary N) is 2. The summed E-state index contributed by atoms with van der Waals surface area (Å²) in [6.07, 6.45) is 1.69. The minimum Gasteiger partial charge on any atom is -0.381 e. The van der Waals surface area contributed by atoms with Crippen LogP contribution >= 0.6 is 0 Å². The van der Waals surface area contributed by atoms with E-state index in [9.17, 15) is 13.6 Å². The summed E-state index contributed by atoms with van der Waals surface area (Å²) >= 11 is 0. The number of carbonyl (C=O) groups excluding carboxylic acids is 1. The average molecular weight is 471 g/mol. The van der Waals surface area contributed by atoms with Crippen molar-refractivity contribution in [3.05, 3.63) is 59.3 Å². The molecule has 0 saturated carbocycles. The number of hydrogen-bond acceptors (Lipinski definition) is 7. The van der Waals surface area contributed by atoms with Crippen LogP contribution in [0.4, 0.5) is 20.3 Å². The Balaban J connectivity index is 1.65. The van der Waals surface area contributed by atoms with Crippen molar-refractivity contribution < 1.29 is 18.3 Å². The van der Waals surface area contributed by atoms with Crippen molar-refractivity contribution in [1.29, 1.82) is 0 Å². The second kappa shape index (κ2) is 10.7. The quantitative estimate of drug-likeness (QED) is 0.524. The number of likely N-dealkylation sites (N-methyl/N-ethyl adjacent to an activating group) is 1. The van der Waals surface area contributed by atoms with Crippen LogP contribution in [0.2, 0.25) is 0 Å². The molecule has 2 heterocycles. The molecule has 1 aromatic heterocycles. The van der Waals surface area contributed by atoms with Crippen LogP contribution in [0, 0.1) is 11.6 Å². The molecule has 0 bridgehead atoms. The van der Waals surface area contributed by atoms with E-state index in [1.165, 1.54) is 12.1 Å². The molecule has 0 radical (unpaired) electrons. The molecule has 0 aliphatic carbocycles. The Morgan fingerprint density at radius 3 is 2.56 bits per heavy atom. The van der Waals surface area contributed by atoms with Gasteiger partial charge in [-0.25, -0.2) is 13.8 Å². The van der Waals surface area contributed by atoms with E-state index in [1.807, 2.05) is 19.0 Å². The molecule has 1 fully saturated rings. The van der Waals surface area contributed by atoms with Gasteiger partial charge in [0.05, 0.1) is 30.4 Å². The molecule has 2 N–H and O–H groups in total. The van der Waals surface area contributed by atoms with Gasteiger partial charge in [0, 0.05) is 50.0 Å². The molecule has 1 aliphatic heterocycles. The molecule has 1 amide bonds. The van der Waals surface area contributed by atoms with Gasteiger partial charge in [-0.1, -0.05) is 0 Å². The van der Waals surface area contributed by atoms with Gasteiger partial charge in [-0.05, 0) is 43.9 Å². The third kappa shape index (κ3) is 5.95. The zero-order chi connectivity index (χ0) is 24.1. The number of carbonyl (C=O) groups is 1. The second-order valence-corrected chi connectivity index (χ2v) is 8.40. The zero-order valence-corrected chi connectivity index (χ0v) is 19.3. The van der Waals surface area contributed by atoms with Gasteiger partial charge in [0.15, 0.2) is 0 Å². The molecule has 10 heteroatoms. The molecule has 1 aliphatic rings. The normalized spacial score (nSPS) is 14.0. The fourth-order valence-electron chi connectivity index (χ4n) is 3.74. The number of amides is 1. The predicted octanol–water partition coefficient (Wildman–Crippen LogP) is 2.65. The van der Waals surface area contributed by atoms with Gasteiger partial charge in [-0.2, -0.15) is 0 Å². The number of rotatable bonds is 8. The molecule has 0 unspecified atom stereocenters. The van der Waals surface area contributed by atoms with Crippen molar-refractivity contribution >= 4 is 28.4 Å². The first kappa shape index (κ1) is 23.8. The highest BCUT2D eigenvalue weighted by Gasteiger charge is 2.17. The number of benzene rings is 2. The number of aromatic nitrogens is 2. The Morgan fingerprint density at radius 1 is 1.12 bits per heavy atom. The maximum absolute atomic E-state index is 13.6. The Morgan fingerprint density at radius 2 is 1.85 bits per heavy atom. The number of fused-ring (bicyclic) bond motifs is 1. The van der Waals surface area contributed by atoms with Crippen molar-refractivity contribution in [2.45, 2.75) is 6.54 Å². The molecule has 4 rings (SSSR count). The van der Waals surface area contributed by atoms with Crippen LogP contribution in [0.5, 0.6) is 0 Å². The zero-order valence-electron chi connectivity index (χ0n) is 19.3. The lowest BCUT2D eigenvalue weighted by Gasteiger charge is -2.27. The first-order valence-corrected chi connectivity index (χ1v) is 11.1. The highest BCUT2D eigenvalue weighted by atomic mass is 19.1. The topological polar surface area (TPSA) is 82.6 Å². The highest BCUT2D eigenvalue weighted by molar-refractivity contribution is 5.98. The van der Waals surface area contributed by atoms with Crippen molar-refractivity contribution in [2.24, 2.45) is 0 Å². The van der Waals surface area contributed by atoms with Gasteiger partial charge in [0.2, 0.25) is 0 Å². The summed E-state index contributed by atoms with van der Waals surface area (Å²) in [7, 11) is 3.87. The molecule has 0 spiro atoms. The molecule has 1 saturated heterocycles. The molecule has 180 valence electrons. The summed E-state index contributed by atoms with van der Waals surface area (Å²) in [5, 5.41) is 5.94. The number of anilines is 2. The summed E-state index contributed by atoms with van der Waals surface area (Å²) in [4.78, 5) is 26.2. The number of halogens is 2. The van der Waals surface area contributed by atoms with Crippen LogP contribution in [0.3, 0.4) is 0 Å². The summed E-state index contributed by atoms with van der Waals surface area (Å²) in [5.41, 5.74) is 2.63.